The molecule has 4 rings (SSSR count). The van der Waals surface area contributed by atoms with Crippen LogP contribution in [0.25, 0.3) is 10.9 Å². The molecule has 2 aliphatic rings. The van der Waals surface area contributed by atoms with Crippen LogP contribution in [0, 0.1) is 5.92 Å². The molecule has 2 atom stereocenters. The summed E-state index contributed by atoms with van der Waals surface area (Å²) in [7, 11) is 2.26. The lowest BCUT2D eigenvalue weighted by molar-refractivity contribution is 0.386. The van der Waals surface area contributed by atoms with E-state index in [1.165, 1.54) is 42.5 Å². The van der Waals surface area contributed by atoms with Gasteiger partial charge in [-0.25, -0.2) is 0 Å². The van der Waals surface area contributed by atoms with Crippen LogP contribution in [0.2, 0.25) is 0 Å². The Morgan fingerprint density at radius 2 is 2.12 bits per heavy atom. The molecule has 88 valence electrons. The third-order valence-electron chi connectivity index (χ3n) is 4.59. The molecule has 0 spiro atoms. The van der Waals surface area contributed by atoms with Crippen molar-refractivity contribution in [2.24, 2.45) is 5.92 Å². The van der Waals surface area contributed by atoms with Gasteiger partial charge in [0.05, 0.1) is 0 Å². The molecule has 1 aromatic heterocycles. The molecule has 0 amide bonds. The number of likely N-dealkylation sites (tertiary alicyclic amines) is 1. The zero-order valence-electron chi connectivity index (χ0n) is 10.2. The highest BCUT2D eigenvalue weighted by atomic mass is 15.1. The Morgan fingerprint density at radius 3 is 3.06 bits per heavy atom. The first kappa shape index (κ1) is 9.72. The summed E-state index contributed by atoms with van der Waals surface area (Å²) in [5.74, 6) is 1.65. The van der Waals surface area contributed by atoms with Gasteiger partial charge in [-0.2, -0.15) is 0 Å². The van der Waals surface area contributed by atoms with Gasteiger partial charge >= 0.3 is 0 Å². The van der Waals surface area contributed by atoms with E-state index in [1.54, 1.807) is 5.56 Å². The van der Waals surface area contributed by atoms with Crippen molar-refractivity contribution in [3.05, 3.63) is 35.5 Å². The number of hydrogen-bond acceptors (Lipinski definition) is 1. The fourth-order valence-electron chi connectivity index (χ4n) is 3.88. The van der Waals surface area contributed by atoms with Crippen molar-refractivity contribution < 1.29 is 0 Å². The standard InChI is InChI=1S/C15H18N2/c1-17-8-10-6-7-14-15(12(10)9-17)11-4-2-3-5-13(11)16-14/h2-5,10,12,16H,6-9H2,1H3/t10?,12-/m1/s1. The van der Waals surface area contributed by atoms with Crippen molar-refractivity contribution in [3.8, 4) is 0 Å². The van der Waals surface area contributed by atoms with Crippen LogP contribution in [0.3, 0.4) is 0 Å². The monoisotopic (exact) mass is 226 g/mol. The maximum absolute atomic E-state index is 3.62. The number of aromatic amines is 1. The van der Waals surface area contributed by atoms with Gasteiger partial charge in [0.2, 0.25) is 0 Å². The number of benzene rings is 1. The molecule has 1 aliphatic heterocycles. The maximum atomic E-state index is 3.62. The van der Waals surface area contributed by atoms with Gasteiger partial charge in [0, 0.05) is 35.6 Å². The molecule has 1 unspecified atom stereocenters. The van der Waals surface area contributed by atoms with E-state index in [0.717, 1.165) is 11.8 Å². The molecule has 2 heterocycles. The van der Waals surface area contributed by atoms with Crippen LogP contribution in [0.4, 0.5) is 0 Å². The summed E-state index contributed by atoms with van der Waals surface area (Å²) in [5, 5.41) is 1.47. The molecule has 0 radical (unpaired) electrons. The second-order valence-electron chi connectivity index (χ2n) is 5.69. The van der Waals surface area contributed by atoms with Crippen molar-refractivity contribution in [1.29, 1.82) is 0 Å². The summed E-state index contributed by atoms with van der Waals surface area (Å²) in [6.07, 6.45) is 2.59. The predicted molar refractivity (Wildman–Crippen MR) is 70.3 cm³/mol. The van der Waals surface area contributed by atoms with E-state index < -0.39 is 0 Å². The number of aromatic nitrogens is 1. The number of para-hydroxylation sites is 1. The zero-order chi connectivity index (χ0) is 11.4. The van der Waals surface area contributed by atoms with E-state index in [2.05, 4.69) is 41.2 Å². The lowest BCUT2D eigenvalue weighted by atomic mass is 9.79. The highest BCUT2D eigenvalue weighted by molar-refractivity contribution is 5.85. The normalized spacial score (nSPS) is 28.3. The molecule has 1 saturated heterocycles. The summed E-state index contributed by atoms with van der Waals surface area (Å²) in [6.45, 7) is 2.52. The number of hydrogen-bond donors (Lipinski definition) is 1. The molecule has 0 saturated carbocycles. The molecular weight excluding hydrogens is 208 g/mol. The van der Waals surface area contributed by atoms with E-state index in [9.17, 15) is 0 Å². The topological polar surface area (TPSA) is 19.0 Å². The van der Waals surface area contributed by atoms with Gasteiger partial charge in [-0.15, -0.1) is 0 Å². The minimum atomic E-state index is 0.764. The quantitative estimate of drug-likeness (QED) is 0.732. The minimum Gasteiger partial charge on any atom is -0.358 e. The van der Waals surface area contributed by atoms with Gasteiger partial charge in [-0.3, -0.25) is 0 Å². The molecule has 2 aromatic rings. The fourth-order valence-corrected chi connectivity index (χ4v) is 3.88. The Morgan fingerprint density at radius 1 is 1.24 bits per heavy atom. The Kier molecular flexibility index (Phi) is 1.92. The van der Waals surface area contributed by atoms with Gasteiger partial charge in [0.15, 0.2) is 0 Å². The average molecular weight is 226 g/mol. The van der Waals surface area contributed by atoms with Crippen molar-refractivity contribution in [2.45, 2.75) is 18.8 Å². The SMILES string of the molecule is CN1CC2CCc3[nH]c4ccccc4c3[C@@H]2C1. The summed E-state index contributed by atoms with van der Waals surface area (Å²) >= 11 is 0. The van der Waals surface area contributed by atoms with Crippen LogP contribution in [0.5, 0.6) is 0 Å². The number of likely N-dealkylation sites (N-methyl/N-ethyl adjacent to an activating group) is 1. The van der Waals surface area contributed by atoms with Gasteiger partial charge in [0.1, 0.15) is 0 Å². The van der Waals surface area contributed by atoms with Crippen LogP contribution >= 0.6 is 0 Å². The maximum Gasteiger partial charge on any atom is 0.0459 e. The van der Waals surface area contributed by atoms with Gasteiger partial charge in [-0.1, -0.05) is 18.2 Å². The molecule has 1 aliphatic carbocycles. The number of fused-ring (bicyclic) bond motifs is 5. The Balaban J connectivity index is 1.94. The molecule has 2 nitrogen and oxygen atoms in total. The summed E-state index contributed by atoms with van der Waals surface area (Å²) in [6, 6.07) is 8.79. The van der Waals surface area contributed by atoms with Crippen LogP contribution in [0.15, 0.2) is 24.3 Å². The van der Waals surface area contributed by atoms with E-state index in [-0.39, 0.29) is 0 Å². The van der Waals surface area contributed by atoms with Crippen molar-refractivity contribution >= 4 is 10.9 Å². The van der Waals surface area contributed by atoms with Crippen LogP contribution in [-0.4, -0.2) is 30.0 Å². The molecule has 1 aromatic carbocycles. The zero-order valence-corrected chi connectivity index (χ0v) is 10.2. The first-order valence-electron chi connectivity index (χ1n) is 6.61. The predicted octanol–water partition coefficient (Wildman–Crippen LogP) is 2.76. The third-order valence-corrected chi connectivity index (χ3v) is 4.59. The summed E-state index contributed by atoms with van der Waals surface area (Å²) < 4.78 is 0. The van der Waals surface area contributed by atoms with Crippen LogP contribution < -0.4 is 0 Å². The molecule has 1 N–H and O–H groups in total. The smallest absolute Gasteiger partial charge is 0.0459 e. The summed E-state index contributed by atoms with van der Waals surface area (Å²) in [5.41, 5.74) is 4.46. The number of nitrogens with one attached hydrogen (secondary N) is 1. The second-order valence-corrected chi connectivity index (χ2v) is 5.69. The Labute approximate surface area is 102 Å². The lowest BCUT2D eigenvalue weighted by Crippen LogP contribution is -2.18. The number of aryl methyl sites for hydroxylation is 1. The second kappa shape index (κ2) is 3.36. The van der Waals surface area contributed by atoms with Crippen molar-refractivity contribution in [1.82, 2.24) is 9.88 Å². The molecule has 1 fully saturated rings. The summed E-state index contributed by atoms with van der Waals surface area (Å²) in [4.78, 5) is 6.12. The lowest BCUT2D eigenvalue weighted by Gasteiger charge is -2.24. The van der Waals surface area contributed by atoms with Gasteiger partial charge in [-0.05, 0) is 37.4 Å². The highest BCUT2D eigenvalue weighted by Gasteiger charge is 2.37. The van der Waals surface area contributed by atoms with Crippen LogP contribution in [-0.2, 0) is 6.42 Å². The number of nitrogens with zero attached hydrogens (tertiary/aromatic N) is 1. The van der Waals surface area contributed by atoms with Crippen molar-refractivity contribution in [2.75, 3.05) is 20.1 Å². The first-order chi connectivity index (χ1) is 8.33. The van der Waals surface area contributed by atoms with E-state index in [0.29, 0.717) is 0 Å². The molecule has 2 heteroatoms. The Bertz CT molecular complexity index is 569. The molecular formula is C15H18N2. The van der Waals surface area contributed by atoms with Gasteiger partial charge < -0.3 is 9.88 Å². The number of rotatable bonds is 0. The molecule has 0 bridgehead atoms. The molecule has 17 heavy (non-hydrogen) atoms. The Hall–Kier alpha value is -1.28. The average Bonchev–Trinajstić information content (AvgIpc) is 2.87. The van der Waals surface area contributed by atoms with E-state index in [1.807, 2.05) is 0 Å². The van der Waals surface area contributed by atoms with E-state index in [4.69, 9.17) is 0 Å². The minimum absolute atomic E-state index is 0.764. The third kappa shape index (κ3) is 1.31. The largest absolute Gasteiger partial charge is 0.358 e. The van der Waals surface area contributed by atoms with E-state index >= 15 is 0 Å². The fraction of sp³-hybridized carbons (Fsp3) is 0.467. The van der Waals surface area contributed by atoms with Crippen molar-refractivity contribution in [3.63, 3.8) is 0 Å². The van der Waals surface area contributed by atoms with Crippen LogP contribution in [0.1, 0.15) is 23.6 Å². The highest BCUT2D eigenvalue weighted by Crippen LogP contribution is 2.43. The number of H-pyrrole nitrogens is 1. The van der Waals surface area contributed by atoms with Gasteiger partial charge in [0.25, 0.3) is 0 Å². The first-order valence-corrected chi connectivity index (χ1v) is 6.61.